The quantitative estimate of drug-likeness (QED) is 0.290. The van der Waals surface area contributed by atoms with Crippen LogP contribution in [0.3, 0.4) is 0 Å². The number of benzene rings is 3. The number of aromatic hydroxyl groups is 1. The minimum absolute atomic E-state index is 0.0493. The number of fused-ring (bicyclic) bond motifs is 1. The Labute approximate surface area is 190 Å². The van der Waals surface area contributed by atoms with E-state index in [1.165, 1.54) is 19.2 Å². The van der Waals surface area contributed by atoms with Gasteiger partial charge in [0, 0.05) is 29.9 Å². The van der Waals surface area contributed by atoms with E-state index in [1.807, 2.05) is 18.2 Å². The van der Waals surface area contributed by atoms with E-state index in [1.54, 1.807) is 48.7 Å². The average molecular weight is 446 g/mol. The van der Waals surface area contributed by atoms with Crippen LogP contribution in [0.4, 0.5) is 10.1 Å². The van der Waals surface area contributed by atoms with Crippen LogP contribution in [0.2, 0.25) is 0 Å². The summed E-state index contributed by atoms with van der Waals surface area (Å²) in [5.41, 5.74) is 2.95. The molecule has 6 nitrogen and oxygen atoms in total. The van der Waals surface area contributed by atoms with Crippen molar-refractivity contribution >= 4 is 22.6 Å². The first kappa shape index (κ1) is 22.2. The molecule has 1 aromatic heterocycles. The van der Waals surface area contributed by atoms with Crippen LogP contribution < -0.4 is 5.32 Å². The lowest BCUT2D eigenvalue weighted by molar-refractivity contribution is 0.0388. The van der Waals surface area contributed by atoms with Crippen LogP contribution in [-0.2, 0) is 9.47 Å². The third-order valence-electron chi connectivity index (χ3n) is 5.25. The van der Waals surface area contributed by atoms with E-state index in [0.29, 0.717) is 28.9 Å². The SMILES string of the molecule is COCCOC(=O)c1ccc(NC(c2ccc(F)cc2)c2ccc3cccnc3c2O)cc1. The number of halogens is 1. The third kappa shape index (κ3) is 5.10. The number of rotatable bonds is 8. The van der Waals surface area contributed by atoms with Crippen LogP contribution >= 0.6 is 0 Å². The topological polar surface area (TPSA) is 80.7 Å². The van der Waals surface area contributed by atoms with Gasteiger partial charge < -0.3 is 19.9 Å². The van der Waals surface area contributed by atoms with Gasteiger partial charge in [0.15, 0.2) is 0 Å². The van der Waals surface area contributed by atoms with Gasteiger partial charge in [-0.25, -0.2) is 9.18 Å². The highest BCUT2D eigenvalue weighted by molar-refractivity contribution is 5.90. The standard InChI is InChI=1S/C26H23FN2O4/c1-32-15-16-33-26(31)19-6-11-21(12-7-19)29-23(18-4-9-20(27)10-5-18)22-13-8-17-3-2-14-28-24(17)25(22)30/h2-14,23,29-30H,15-16H2,1H3. The molecular weight excluding hydrogens is 423 g/mol. The summed E-state index contributed by atoms with van der Waals surface area (Å²) in [5.74, 6) is -0.738. The van der Waals surface area contributed by atoms with Crippen molar-refractivity contribution in [2.45, 2.75) is 6.04 Å². The van der Waals surface area contributed by atoms with Crippen molar-refractivity contribution in [2.75, 3.05) is 25.6 Å². The van der Waals surface area contributed by atoms with Crippen molar-refractivity contribution in [3.63, 3.8) is 0 Å². The van der Waals surface area contributed by atoms with Crippen LogP contribution in [0.15, 0.2) is 79.0 Å². The number of ether oxygens (including phenoxy) is 2. The van der Waals surface area contributed by atoms with Crippen molar-refractivity contribution in [3.8, 4) is 5.75 Å². The highest BCUT2D eigenvalue weighted by Crippen LogP contribution is 2.36. The third-order valence-corrected chi connectivity index (χ3v) is 5.25. The molecular formula is C26H23FN2O4. The molecule has 0 amide bonds. The van der Waals surface area contributed by atoms with Gasteiger partial charge in [0.1, 0.15) is 23.7 Å². The summed E-state index contributed by atoms with van der Waals surface area (Å²) in [6, 6.07) is 19.8. The Kier molecular flexibility index (Phi) is 6.80. The molecule has 0 radical (unpaired) electrons. The van der Waals surface area contributed by atoms with Gasteiger partial charge >= 0.3 is 5.97 Å². The van der Waals surface area contributed by atoms with Crippen molar-refractivity contribution in [2.24, 2.45) is 0 Å². The Morgan fingerprint density at radius 3 is 2.52 bits per heavy atom. The van der Waals surface area contributed by atoms with E-state index in [0.717, 1.165) is 10.9 Å². The molecule has 168 valence electrons. The fourth-order valence-corrected chi connectivity index (χ4v) is 3.54. The lowest BCUT2D eigenvalue weighted by Gasteiger charge is -2.22. The van der Waals surface area contributed by atoms with Crippen LogP contribution in [0, 0.1) is 5.82 Å². The number of methoxy groups -OCH3 is 1. The first-order valence-corrected chi connectivity index (χ1v) is 10.4. The van der Waals surface area contributed by atoms with Crippen LogP contribution in [0.1, 0.15) is 27.5 Å². The number of phenols is 1. The predicted molar refractivity (Wildman–Crippen MR) is 124 cm³/mol. The summed E-state index contributed by atoms with van der Waals surface area (Å²) in [6.45, 7) is 0.506. The molecule has 2 N–H and O–H groups in total. The van der Waals surface area contributed by atoms with E-state index in [-0.39, 0.29) is 18.2 Å². The molecule has 7 heteroatoms. The molecule has 0 bridgehead atoms. The van der Waals surface area contributed by atoms with E-state index < -0.39 is 12.0 Å². The zero-order valence-electron chi connectivity index (χ0n) is 18.0. The van der Waals surface area contributed by atoms with Gasteiger partial charge in [0.05, 0.1) is 18.2 Å². The lowest BCUT2D eigenvalue weighted by Crippen LogP contribution is -2.13. The van der Waals surface area contributed by atoms with Crippen molar-refractivity contribution in [1.82, 2.24) is 4.98 Å². The molecule has 33 heavy (non-hydrogen) atoms. The molecule has 1 unspecified atom stereocenters. The first-order valence-electron chi connectivity index (χ1n) is 10.4. The number of pyridine rings is 1. The molecule has 0 saturated carbocycles. The second-order valence-electron chi connectivity index (χ2n) is 7.41. The molecule has 0 aliphatic heterocycles. The minimum Gasteiger partial charge on any atom is -0.505 e. The lowest BCUT2D eigenvalue weighted by atomic mass is 9.96. The van der Waals surface area contributed by atoms with Gasteiger partial charge in [-0.1, -0.05) is 30.3 Å². The summed E-state index contributed by atoms with van der Waals surface area (Å²) in [7, 11) is 1.54. The number of carbonyl (C=O) groups excluding carboxylic acids is 1. The minimum atomic E-state index is -0.489. The number of esters is 1. The second kappa shape index (κ2) is 10.1. The van der Waals surface area contributed by atoms with Crippen molar-refractivity contribution < 1.29 is 23.8 Å². The maximum Gasteiger partial charge on any atom is 0.338 e. The summed E-state index contributed by atoms with van der Waals surface area (Å²) in [6.07, 6.45) is 1.62. The van der Waals surface area contributed by atoms with Gasteiger partial charge in [-0.15, -0.1) is 0 Å². The van der Waals surface area contributed by atoms with Gasteiger partial charge in [0.25, 0.3) is 0 Å². The molecule has 0 aliphatic carbocycles. The second-order valence-corrected chi connectivity index (χ2v) is 7.41. The summed E-state index contributed by atoms with van der Waals surface area (Å²) < 4.78 is 23.6. The Morgan fingerprint density at radius 2 is 1.79 bits per heavy atom. The predicted octanol–water partition coefficient (Wildman–Crippen LogP) is 5.08. The Morgan fingerprint density at radius 1 is 1.03 bits per heavy atom. The zero-order chi connectivity index (χ0) is 23.2. The summed E-state index contributed by atoms with van der Waals surface area (Å²) in [4.78, 5) is 16.4. The summed E-state index contributed by atoms with van der Waals surface area (Å²) >= 11 is 0. The molecule has 1 atom stereocenters. The molecule has 0 saturated heterocycles. The van der Waals surface area contributed by atoms with Crippen LogP contribution in [0.5, 0.6) is 5.75 Å². The van der Waals surface area contributed by atoms with Gasteiger partial charge in [-0.2, -0.15) is 0 Å². The normalized spacial score (nSPS) is 11.8. The van der Waals surface area contributed by atoms with E-state index in [9.17, 15) is 14.3 Å². The molecule has 0 spiro atoms. The number of nitrogens with one attached hydrogen (secondary N) is 1. The number of phenolic OH excluding ortho intramolecular Hbond substituents is 1. The van der Waals surface area contributed by atoms with Gasteiger partial charge in [0.2, 0.25) is 0 Å². The van der Waals surface area contributed by atoms with E-state index >= 15 is 0 Å². The van der Waals surface area contributed by atoms with Crippen molar-refractivity contribution in [3.05, 3.63) is 102 Å². The summed E-state index contributed by atoms with van der Waals surface area (Å²) in [5, 5.41) is 15.2. The highest BCUT2D eigenvalue weighted by atomic mass is 19.1. The molecule has 4 aromatic rings. The molecule has 4 rings (SSSR count). The highest BCUT2D eigenvalue weighted by Gasteiger charge is 2.20. The average Bonchev–Trinajstić information content (AvgIpc) is 2.84. The monoisotopic (exact) mass is 446 g/mol. The number of hydrogen-bond donors (Lipinski definition) is 2. The van der Waals surface area contributed by atoms with Gasteiger partial charge in [-0.3, -0.25) is 4.98 Å². The fourth-order valence-electron chi connectivity index (χ4n) is 3.54. The smallest absolute Gasteiger partial charge is 0.338 e. The largest absolute Gasteiger partial charge is 0.505 e. The zero-order valence-corrected chi connectivity index (χ0v) is 18.0. The molecule has 0 fully saturated rings. The first-order chi connectivity index (χ1) is 16.1. The number of carbonyl (C=O) groups is 1. The molecule has 3 aromatic carbocycles. The number of hydrogen-bond acceptors (Lipinski definition) is 6. The Hall–Kier alpha value is -3.97. The maximum absolute atomic E-state index is 13.6. The maximum atomic E-state index is 13.6. The van der Waals surface area contributed by atoms with Crippen LogP contribution in [0.25, 0.3) is 10.9 Å². The Bertz CT molecular complexity index is 1240. The van der Waals surface area contributed by atoms with Crippen molar-refractivity contribution in [1.29, 1.82) is 0 Å². The number of anilines is 1. The molecule has 1 heterocycles. The van der Waals surface area contributed by atoms with Gasteiger partial charge in [-0.05, 0) is 48.0 Å². The number of nitrogens with zero attached hydrogens (tertiary/aromatic N) is 1. The number of aromatic nitrogens is 1. The molecule has 0 aliphatic rings. The van der Waals surface area contributed by atoms with Crippen LogP contribution in [-0.4, -0.2) is 36.4 Å². The fraction of sp³-hybridized carbons (Fsp3) is 0.154. The Balaban J connectivity index is 1.65. The van der Waals surface area contributed by atoms with E-state index in [4.69, 9.17) is 9.47 Å². The van der Waals surface area contributed by atoms with E-state index in [2.05, 4.69) is 10.3 Å².